The number of pyridine rings is 1. The van der Waals surface area contributed by atoms with Gasteiger partial charge < -0.3 is 24.2 Å². The SMILES string of the molecule is Cc1onc(-c2ccc(F)cc2)c1COc1ccc2c(n1)CCN(C(=O)NC1CCOC1)C2. The highest BCUT2D eigenvalue weighted by Gasteiger charge is 2.25. The summed E-state index contributed by atoms with van der Waals surface area (Å²) >= 11 is 0. The summed E-state index contributed by atoms with van der Waals surface area (Å²) in [6.45, 7) is 4.43. The van der Waals surface area contributed by atoms with Gasteiger partial charge in [0.15, 0.2) is 0 Å². The Kier molecular flexibility index (Phi) is 5.95. The van der Waals surface area contributed by atoms with Gasteiger partial charge in [0.2, 0.25) is 5.88 Å². The third-order valence-corrected chi connectivity index (χ3v) is 6.03. The molecule has 1 fully saturated rings. The first-order valence-electron chi connectivity index (χ1n) is 11.0. The second-order valence-electron chi connectivity index (χ2n) is 8.30. The number of aryl methyl sites for hydroxylation is 1. The van der Waals surface area contributed by atoms with E-state index in [0.717, 1.165) is 28.8 Å². The minimum Gasteiger partial charge on any atom is -0.473 e. The van der Waals surface area contributed by atoms with Crippen LogP contribution in [0, 0.1) is 12.7 Å². The van der Waals surface area contributed by atoms with Crippen LogP contribution in [-0.4, -0.2) is 46.9 Å². The van der Waals surface area contributed by atoms with Crippen molar-refractivity contribution < 1.29 is 23.2 Å². The highest BCUT2D eigenvalue weighted by molar-refractivity contribution is 5.75. The number of carbonyl (C=O) groups excluding carboxylic acids is 1. The average molecular weight is 452 g/mol. The molecule has 0 saturated carbocycles. The van der Waals surface area contributed by atoms with E-state index in [4.69, 9.17) is 14.0 Å². The van der Waals surface area contributed by atoms with E-state index in [-0.39, 0.29) is 24.5 Å². The highest BCUT2D eigenvalue weighted by Crippen LogP contribution is 2.27. The summed E-state index contributed by atoms with van der Waals surface area (Å²) in [5.41, 5.74) is 4.12. The molecule has 1 aromatic carbocycles. The minimum atomic E-state index is -0.307. The molecule has 8 nitrogen and oxygen atoms in total. The number of rotatable bonds is 5. The summed E-state index contributed by atoms with van der Waals surface area (Å²) in [5, 5.41) is 7.15. The number of benzene rings is 1. The highest BCUT2D eigenvalue weighted by atomic mass is 19.1. The topological polar surface area (TPSA) is 89.7 Å². The molecule has 2 amide bonds. The molecular weight excluding hydrogens is 427 g/mol. The molecule has 4 heterocycles. The van der Waals surface area contributed by atoms with E-state index in [1.165, 1.54) is 12.1 Å². The second kappa shape index (κ2) is 9.19. The Balaban J connectivity index is 1.24. The zero-order valence-corrected chi connectivity index (χ0v) is 18.3. The monoisotopic (exact) mass is 452 g/mol. The van der Waals surface area contributed by atoms with E-state index in [9.17, 15) is 9.18 Å². The number of aromatic nitrogens is 2. The Morgan fingerprint density at radius 3 is 2.91 bits per heavy atom. The summed E-state index contributed by atoms with van der Waals surface area (Å²) in [6, 6.07) is 9.90. The molecule has 0 aliphatic carbocycles. The Bertz CT molecular complexity index is 1140. The lowest BCUT2D eigenvalue weighted by molar-refractivity contribution is 0.174. The zero-order valence-electron chi connectivity index (χ0n) is 18.3. The van der Waals surface area contributed by atoms with Gasteiger partial charge in [-0.25, -0.2) is 14.2 Å². The molecular formula is C24H25FN4O4. The van der Waals surface area contributed by atoms with Gasteiger partial charge in [0, 0.05) is 37.7 Å². The largest absolute Gasteiger partial charge is 0.473 e. The van der Waals surface area contributed by atoms with Crippen molar-refractivity contribution in [2.75, 3.05) is 19.8 Å². The maximum Gasteiger partial charge on any atom is 0.318 e. The lowest BCUT2D eigenvalue weighted by atomic mass is 10.1. The van der Waals surface area contributed by atoms with E-state index < -0.39 is 0 Å². The average Bonchev–Trinajstić information content (AvgIpc) is 3.47. The van der Waals surface area contributed by atoms with Crippen LogP contribution in [0.3, 0.4) is 0 Å². The number of nitrogens with zero attached hydrogens (tertiary/aromatic N) is 3. The predicted molar refractivity (Wildman–Crippen MR) is 117 cm³/mol. The minimum absolute atomic E-state index is 0.0623. The van der Waals surface area contributed by atoms with Gasteiger partial charge in [-0.2, -0.15) is 0 Å². The number of nitrogens with one attached hydrogen (secondary N) is 1. The van der Waals surface area contributed by atoms with E-state index in [0.29, 0.717) is 50.1 Å². The Hall–Kier alpha value is -3.46. The van der Waals surface area contributed by atoms with E-state index >= 15 is 0 Å². The van der Waals surface area contributed by atoms with E-state index in [1.54, 1.807) is 17.0 Å². The number of hydrogen-bond acceptors (Lipinski definition) is 6. The van der Waals surface area contributed by atoms with Crippen LogP contribution in [0.25, 0.3) is 11.3 Å². The molecule has 2 aromatic heterocycles. The molecule has 33 heavy (non-hydrogen) atoms. The molecule has 1 N–H and O–H groups in total. The standard InChI is InChI=1S/C24H25FN4O4/c1-15-20(23(28-33-15)16-2-5-18(25)6-3-16)14-32-22-7-4-17-12-29(10-8-21(17)27-22)24(30)26-19-9-11-31-13-19/h2-7,19H,8-14H2,1H3,(H,26,30). The van der Waals surface area contributed by atoms with Gasteiger partial charge in [0.25, 0.3) is 0 Å². The van der Waals surface area contributed by atoms with E-state index in [2.05, 4.69) is 15.5 Å². The summed E-state index contributed by atoms with van der Waals surface area (Å²) in [5.74, 6) is 0.834. The lowest BCUT2D eigenvalue weighted by Gasteiger charge is -2.29. The normalized spacial score (nSPS) is 17.6. The molecule has 2 aliphatic heterocycles. The number of urea groups is 1. The van der Waals surface area contributed by atoms with Crippen molar-refractivity contribution in [3.05, 3.63) is 64.8 Å². The first-order chi connectivity index (χ1) is 16.1. The second-order valence-corrected chi connectivity index (χ2v) is 8.30. The van der Waals surface area contributed by atoms with E-state index in [1.807, 2.05) is 19.1 Å². The Labute approximate surface area is 190 Å². The fourth-order valence-electron chi connectivity index (χ4n) is 4.11. The number of carbonyl (C=O) groups is 1. The lowest BCUT2D eigenvalue weighted by Crippen LogP contribution is -2.47. The van der Waals surface area contributed by atoms with Crippen LogP contribution < -0.4 is 10.1 Å². The molecule has 3 aromatic rings. The first kappa shape index (κ1) is 21.4. The Morgan fingerprint density at radius 1 is 1.27 bits per heavy atom. The summed E-state index contributed by atoms with van der Waals surface area (Å²) < 4.78 is 29.9. The molecule has 1 saturated heterocycles. The number of fused-ring (bicyclic) bond motifs is 1. The van der Waals surface area contributed by atoms with Crippen LogP contribution in [0.5, 0.6) is 5.88 Å². The smallest absolute Gasteiger partial charge is 0.318 e. The van der Waals surface area contributed by atoms with Crippen LogP contribution in [0.4, 0.5) is 9.18 Å². The van der Waals surface area contributed by atoms with Crippen LogP contribution in [0.15, 0.2) is 40.9 Å². The fourth-order valence-corrected chi connectivity index (χ4v) is 4.11. The molecule has 1 unspecified atom stereocenters. The third-order valence-electron chi connectivity index (χ3n) is 6.03. The van der Waals surface area contributed by atoms with Crippen LogP contribution in [-0.2, 0) is 24.3 Å². The third kappa shape index (κ3) is 4.68. The summed E-state index contributed by atoms with van der Waals surface area (Å²) in [6.07, 6.45) is 1.52. The molecule has 0 spiro atoms. The van der Waals surface area contributed by atoms with Gasteiger partial charge in [-0.1, -0.05) is 11.2 Å². The van der Waals surface area contributed by atoms with Gasteiger partial charge >= 0.3 is 6.03 Å². The quantitative estimate of drug-likeness (QED) is 0.636. The van der Waals surface area contributed by atoms with Crippen molar-refractivity contribution in [2.45, 2.75) is 39.0 Å². The number of halogens is 1. The van der Waals surface area contributed by atoms with Crippen molar-refractivity contribution >= 4 is 6.03 Å². The van der Waals surface area contributed by atoms with Crippen molar-refractivity contribution in [1.82, 2.24) is 20.4 Å². The van der Waals surface area contributed by atoms with Gasteiger partial charge in [-0.05, 0) is 43.2 Å². The maximum absolute atomic E-state index is 13.3. The zero-order chi connectivity index (χ0) is 22.8. The van der Waals surface area contributed by atoms with Crippen molar-refractivity contribution in [2.24, 2.45) is 0 Å². The maximum atomic E-state index is 13.3. The molecule has 2 aliphatic rings. The van der Waals surface area contributed by atoms with Crippen LogP contribution >= 0.6 is 0 Å². The van der Waals surface area contributed by atoms with Crippen LogP contribution in [0.1, 0.15) is 29.0 Å². The van der Waals surface area contributed by atoms with Crippen molar-refractivity contribution in [3.63, 3.8) is 0 Å². The van der Waals surface area contributed by atoms with Crippen molar-refractivity contribution in [3.8, 4) is 17.1 Å². The number of ether oxygens (including phenoxy) is 2. The van der Waals surface area contributed by atoms with Gasteiger partial charge in [-0.15, -0.1) is 0 Å². The first-order valence-corrected chi connectivity index (χ1v) is 11.0. The van der Waals surface area contributed by atoms with Gasteiger partial charge in [-0.3, -0.25) is 0 Å². The molecule has 0 bridgehead atoms. The predicted octanol–water partition coefficient (Wildman–Crippen LogP) is 3.62. The number of hydrogen-bond donors (Lipinski definition) is 1. The molecule has 5 rings (SSSR count). The molecule has 172 valence electrons. The van der Waals surface area contributed by atoms with Crippen molar-refractivity contribution in [1.29, 1.82) is 0 Å². The Morgan fingerprint density at radius 2 is 2.12 bits per heavy atom. The van der Waals surface area contributed by atoms with Crippen LogP contribution in [0.2, 0.25) is 0 Å². The van der Waals surface area contributed by atoms with Gasteiger partial charge in [0.1, 0.15) is 23.9 Å². The molecule has 1 atom stereocenters. The fraction of sp³-hybridized carbons (Fsp3) is 0.375. The summed E-state index contributed by atoms with van der Waals surface area (Å²) in [4.78, 5) is 19.0. The summed E-state index contributed by atoms with van der Waals surface area (Å²) in [7, 11) is 0. The molecule has 0 radical (unpaired) electrons. The van der Waals surface area contributed by atoms with Gasteiger partial charge in [0.05, 0.1) is 23.9 Å². The molecule has 9 heteroatoms. The number of amides is 2.